The van der Waals surface area contributed by atoms with E-state index in [9.17, 15) is 4.79 Å². The third-order valence-electron chi connectivity index (χ3n) is 3.58. The topological polar surface area (TPSA) is 65.5 Å². The van der Waals surface area contributed by atoms with E-state index in [4.69, 9.17) is 11.6 Å². The van der Waals surface area contributed by atoms with Gasteiger partial charge in [-0.1, -0.05) is 41.4 Å². The third-order valence-corrected chi connectivity index (χ3v) is 3.83. The molecule has 0 aromatic heterocycles. The number of nitrogens with one attached hydrogen (secondary N) is 3. The highest BCUT2D eigenvalue weighted by Gasteiger charge is 2.04. The highest BCUT2D eigenvalue weighted by Crippen LogP contribution is 2.09. The van der Waals surface area contributed by atoms with Crippen molar-refractivity contribution in [1.29, 1.82) is 0 Å². The minimum absolute atomic E-state index is 0.0744. The third kappa shape index (κ3) is 6.47. The number of hydrogen-bond donors (Lipinski definition) is 3. The van der Waals surface area contributed by atoms with Gasteiger partial charge in [-0.3, -0.25) is 9.79 Å². The van der Waals surface area contributed by atoms with E-state index in [0.717, 1.165) is 16.1 Å². The lowest BCUT2D eigenvalue weighted by Crippen LogP contribution is -2.41. The van der Waals surface area contributed by atoms with Crippen LogP contribution in [0.4, 0.5) is 0 Å². The molecule has 0 atom stereocenters. The molecule has 1 amide bonds. The van der Waals surface area contributed by atoms with Gasteiger partial charge in [0, 0.05) is 37.3 Å². The average Bonchev–Trinajstić information content (AvgIpc) is 2.62. The van der Waals surface area contributed by atoms with E-state index in [-0.39, 0.29) is 5.91 Å². The molecule has 2 rings (SSSR count). The predicted molar refractivity (Wildman–Crippen MR) is 103 cm³/mol. The summed E-state index contributed by atoms with van der Waals surface area (Å²) in [5.41, 5.74) is 2.85. The Morgan fingerprint density at radius 2 is 1.76 bits per heavy atom. The molecule has 6 heteroatoms. The molecule has 0 aliphatic rings. The van der Waals surface area contributed by atoms with E-state index in [1.807, 2.05) is 55.5 Å². The van der Waals surface area contributed by atoms with Gasteiger partial charge in [0.05, 0.1) is 0 Å². The summed E-state index contributed by atoms with van der Waals surface area (Å²) in [7, 11) is 1.71. The standard InChI is InChI=1S/C19H23ClN4O/c1-14-4-3-5-16(12-14)18(25)22-10-11-23-19(21-2)24-13-15-6-8-17(20)9-7-15/h3-9,12H,10-11,13H2,1-2H3,(H,22,25)(H2,21,23,24). The van der Waals surface area contributed by atoms with Crippen molar-refractivity contribution in [3.63, 3.8) is 0 Å². The molecule has 2 aromatic carbocycles. The zero-order valence-corrected chi connectivity index (χ0v) is 15.2. The van der Waals surface area contributed by atoms with Crippen LogP contribution in [0.2, 0.25) is 5.02 Å². The quantitative estimate of drug-likeness (QED) is 0.422. The maximum absolute atomic E-state index is 12.1. The smallest absolute Gasteiger partial charge is 0.251 e. The first-order valence-electron chi connectivity index (χ1n) is 8.12. The van der Waals surface area contributed by atoms with Crippen molar-refractivity contribution in [2.24, 2.45) is 4.99 Å². The van der Waals surface area contributed by atoms with Gasteiger partial charge >= 0.3 is 0 Å². The Kier molecular flexibility index (Phi) is 7.29. The van der Waals surface area contributed by atoms with Gasteiger partial charge in [0.25, 0.3) is 5.91 Å². The van der Waals surface area contributed by atoms with E-state index < -0.39 is 0 Å². The van der Waals surface area contributed by atoms with Crippen LogP contribution in [0.15, 0.2) is 53.5 Å². The number of carbonyl (C=O) groups is 1. The Morgan fingerprint density at radius 1 is 1.04 bits per heavy atom. The fraction of sp³-hybridized carbons (Fsp3) is 0.263. The maximum atomic E-state index is 12.1. The highest BCUT2D eigenvalue weighted by molar-refractivity contribution is 6.30. The normalized spacial score (nSPS) is 11.1. The Morgan fingerprint density at radius 3 is 2.44 bits per heavy atom. The summed E-state index contributed by atoms with van der Waals surface area (Å²) in [5, 5.41) is 9.99. The van der Waals surface area contributed by atoms with Gasteiger partial charge in [0.2, 0.25) is 0 Å². The number of nitrogens with zero attached hydrogens (tertiary/aromatic N) is 1. The number of aryl methyl sites for hydroxylation is 1. The molecule has 0 heterocycles. The second-order valence-electron chi connectivity index (χ2n) is 5.60. The zero-order valence-electron chi connectivity index (χ0n) is 14.5. The number of amides is 1. The van der Waals surface area contributed by atoms with Crippen LogP contribution in [0.3, 0.4) is 0 Å². The molecule has 5 nitrogen and oxygen atoms in total. The second kappa shape index (κ2) is 9.69. The average molecular weight is 359 g/mol. The number of benzene rings is 2. The van der Waals surface area contributed by atoms with E-state index in [1.165, 1.54) is 0 Å². The molecule has 0 fully saturated rings. The Labute approximate surface area is 153 Å². The summed E-state index contributed by atoms with van der Waals surface area (Å²) in [5.74, 6) is 0.606. The fourth-order valence-electron chi connectivity index (χ4n) is 2.25. The lowest BCUT2D eigenvalue weighted by atomic mass is 10.1. The zero-order chi connectivity index (χ0) is 18.1. The first-order chi connectivity index (χ1) is 12.1. The van der Waals surface area contributed by atoms with Crippen LogP contribution in [0, 0.1) is 6.92 Å². The van der Waals surface area contributed by atoms with Crippen molar-refractivity contribution in [1.82, 2.24) is 16.0 Å². The SMILES string of the molecule is CN=C(NCCNC(=O)c1cccc(C)c1)NCc1ccc(Cl)cc1. The van der Waals surface area contributed by atoms with Crippen LogP contribution >= 0.6 is 11.6 Å². The molecular formula is C19H23ClN4O. The molecule has 0 radical (unpaired) electrons. The second-order valence-corrected chi connectivity index (χ2v) is 6.04. The Bertz CT molecular complexity index is 728. The minimum atomic E-state index is -0.0744. The first kappa shape index (κ1) is 18.8. The van der Waals surface area contributed by atoms with Crippen molar-refractivity contribution in [2.45, 2.75) is 13.5 Å². The molecule has 0 saturated carbocycles. The van der Waals surface area contributed by atoms with E-state index in [1.54, 1.807) is 7.05 Å². The summed E-state index contributed by atoms with van der Waals surface area (Å²) in [6.45, 7) is 3.70. The molecule has 25 heavy (non-hydrogen) atoms. The summed E-state index contributed by atoms with van der Waals surface area (Å²) < 4.78 is 0. The lowest BCUT2D eigenvalue weighted by Gasteiger charge is -2.12. The van der Waals surface area contributed by atoms with Crippen LogP contribution in [-0.4, -0.2) is 32.0 Å². The van der Waals surface area contributed by atoms with Gasteiger partial charge < -0.3 is 16.0 Å². The van der Waals surface area contributed by atoms with Crippen molar-refractivity contribution in [3.8, 4) is 0 Å². The van der Waals surface area contributed by atoms with Crippen LogP contribution < -0.4 is 16.0 Å². The van der Waals surface area contributed by atoms with Crippen molar-refractivity contribution in [3.05, 3.63) is 70.2 Å². The van der Waals surface area contributed by atoms with Crippen molar-refractivity contribution >= 4 is 23.5 Å². The monoisotopic (exact) mass is 358 g/mol. The molecule has 0 spiro atoms. The molecule has 0 bridgehead atoms. The maximum Gasteiger partial charge on any atom is 0.251 e. The molecular weight excluding hydrogens is 336 g/mol. The van der Waals surface area contributed by atoms with E-state index in [2.05, 4.69) is 20.9 Å². The van der Waals surface area contributed by atoms with Crippen LogP contribution in [0.1, 0.15) is 21.5 Å². The summed E-state index contributed by atoms with van der Waals surface area (Å²) in [6, 6.07) is 15.2. The van der Waals surface area contributed by atoms with Gasteiger partial charge in [-0.05, 0) is 36.8 Å². The van der Waals surface area contributed by atoms with Crippen LogP contribution in [-0.2, 0) is 6.54 Å². The molecule has 2 aromatic rings. The lowest BCUT2D eigenvalue weighted by molar-refractivity contribution is 0.0954. The Balaban J connectivity index is 1.70. The summed E-state index contributed by atoms with van der Waals surface area (Å²) in [6.07, 6.45) is 0. The van der Waals surface area contributed by atoms with Crippen LogP contribution in [0.5, 0.6) is 0 Å². The molecule has 132 valence electrons. The van der Waals surface area contributed by atoms with Gasteiger partial charge in [-0.25, -0.2) is 0 Å². The number of aliphatic imine (C=N–C) groups is 1. The molecule has 0 saturated heterocycles. The van der Waals surface area contributed by atoms with Gasteiger partial charge in [0.1, 0.15) is 0 Å². The summed E-state index contributed by atoms with van der Waals surface area (Å²) in [4.78, 5) is 16.2. The number of rotatable bonds is 6. The fourth-order valence-corrected chi connectivity index (χ4v) is 2.38. The largest absolute Gasteiger partial charge is 0.355 e. The number of halogens is 1. The number of carbonyl (C=O) groups excluding carboxylic acids is 1. The van der Waals surface area contributed by atoms with Crippen LogP contribution in [0.25, 0.3) is 0 Å². The molecule has 3 N–H and O–H groups in total. The van der Waals surface area contributed by atoms with Gasteiger partial charge in [-0.15, -0.1) is 0 Å². The highest BCUT2D eigenvalue weighted by atomic mass is 35.5. The molecule has 0 aliphatic heterocycles. The number of guanidine groups is 1. The Hall–Kier alpha value is -2.53. The van der Waals surface area contributed by atoms with Gasteiger partial charge in [0.15, 0.2) is 5.96 Å². The minimum Gasteiger partial charge on any atom is -0.355 e. The summed E-state index contributed by atoms with van der Waals surface area (Å²) >= 11 is 5.87. The molecule has 0 unspecified atom stereocenters. The van der Waals surface area contributed by atoms with Crippen molar-refractivity contribution < 1.29 is 4.79 Å². The predicted octanol–water partition coefficient (Wildman–Crippen LogP) is 2.74. The van der Waals surface area contributed by atoms with E-state index >= 15 is 0 Å². The van der Waals surface area contributed by atoms with Gasteiger partial charge in [-0.2, -0.15) is 0 Å². The molecule has 0 aliphatic carbocycles. The van der Waals surface area contributed by atoms with E-state index in [0.29, 0.717) is 31.2 Å². The first-order valence-corrected chi connectivity index (χ1v) is 8.50. The van der Waals surface area contributed by atoms with Crippen molar-refractivity contribution in [2.75, 3.05) is 20.1 Å². The number of hydrogen-bond acceptors (Lipinski definition) is 2.